The molecule has 2 bridgehead atoms. The molecule has 2 aliphatic rings. The van der Waals surface area contributed by atoms with E-state index in [1.807, 2.05) is 0 Å². The molecule has 5 atom stereocenters. The van der Waals surface area contributed by atoms with Crippen molar-refractivity contribution in [2.45, 2.75) is 50.6 Å². The summed E-state index contributed by atoms with van der Waals surface area (Å²) in [5, 5.41) is 9.60. The van der Waals surface area contributed by atoms with Crippen LogP contribution in [0.3, 0.4) is 0 Å². The number of nitrogens with zero attached hydrogens (tertiary/aromatic N) is 3. The van der Waals surface area contributed by atoms with Crippen molar-refractivity contribution in [1.29, 1.82) is 5.26 Å². The van der Waals surface area contributed by atoms with E-state index in [9.17, 15) is 14.9 Å². The normalized spacial score (nSPS) is 29.2. The van der Waals surface area contributed by atoms with Gasteiger partial charge in [-0.15, -0.1) is 0 Å². The van der Waals surface area contributed by atoms with Gasteiger partial charge in [-0.25, -0.2) is 0 Å². The number of fused-ring (bicyclic) bond motifs is 3. The summed E-state index contributed by atoms with van der Waals surface area (Å²) >= 11 is 0. The molecule has 0 spiro atoms. The molecule has 9 heteroatoms. The number of nitriles is 1. The lowest BCUT2D eigenvalue weighted by Gasteiger charge is -2.38. The van der Waals surface area contributed by atoms with Crippen LogP contribution in [0, 0.1) is 17.2 Å². The van der Waals surface area contributed by atoms with Gasteiger partial charge in [0.05, 0.1) is 42.0 Å². The number of carbonyl (C=O) groups is 2. The number of ether oxygens (including phenoxy) is 4. The summed E-state index contributed by atoms with van der Waals surface area (Å²) in [7, 11) is 6.61. The maximum absolute atomic E-state index is 13.3. The van der Waals surface area contributed by atoms with Crippen molar-refractivity contribution in [3.63, 3.8) is 0 Å². The second kappa shape index (κ2) is 11.6. The van der Waals surface area contributed by atoms with Gasteiger partial charge in [-0.3, -0.25) is 9.59 Å². The molecular formula is C25H35N3O6. The Morgan fingerprint density at radius 3 is 2.44 bits per heavy atom. The first kappa shape index (κ1) is 25.9. The fraction of sp³-hybridized carbons (Fsp3) is 0.640. The predicted octanol–water partition coefficient (Wildman–Crippen LogP) is 2.08. The summed E-state index contributed by atoms with van der Waals surface area (Å²) in [4.78, 5) is 29.7. The SMILES string of the molecule is CO[C@H]1CC[C@H]2CCOc3c(C#N)cccc3C(=O)N(C)C[C@H](OC)[C@@H](C)C(=O)N(C)C[C@@H]1O2. The van der Waals surface area contributed by atoms with Crippen LogP contribution in [0.25, 0.3) is 0 Å². The van der Waals surface area contributed by atoms with Crippen LogP contribution in [-0.2, 0) is 19.0 Å². The van der Waals surface area contributed by atoms with Crippen molar-refractivity contribution >= 4 is 11.8 Å². The summed E-state index contributed by atoms with van der Waals surface area (Å²) in [5.74, 6) is -0.601. The second-order valence-electron chi connectivity index (χ2n) is 9.05. The van der Waals surface area contributed by atoms with Crippen LogP contribution in [0.4, 0.5) is 0 Å². The van der Waals surface area contributed by atoms with Crippen molar-refractivity contribution in [3.05, 3.63) is 29.3 Å². The van der Waals surface area contributed by atoms with Crippen molar-refractivity contribution in [3.8, 4) is 11.8 Å². The van der Waals surface area contributed by atoms with E-state index in [0.29, 0.717) is 30.7 Å². The van der Waals surface area contributed by atoms with Gasteiger partial charge in [-0.1, -0.05) is 13.0 Å². The molecule has 2 aliphatic heterocycles. The molecule has 2 heterocycles. The molecule has 0 saturated carbocycles. The number of amides is 2. The number of methoxy groups -OCH3 is 2. The zero-order valence-electron chi connectivity index (χ0n) is 20.7. The molecule has 186 valence electrons. The minimum absolute atomic E-state index is 0.0759. The van der Waals surface area contributed by atoms with Crippen molar-refractivity contribution in [2.24, 2.45) is 5.92 Å². The second-order valence-corrected chi connectivity index (χ2v) is 9.05. The molecule has 1 aromatic carbocycles. The van der Waals surface area contributed by atoms with Crippen LogP contribution < -0.4 is 4.74 Å². The Hall–Kier alpha value is -2.67. The minimum Gasteiger partial charge on any atom is -0.491 e. The zero-order valence-corrected chi connectivity index (χ0v) is 20.7. The molecule has 1 saturated heterocycles. The van der Waals surface area contributed by atoms with E-state index in [2.05, 4.69) is 6.07 Å². The molecule has 0 aromatic heterocycles. The number of likely N-dealkylation sites (N-methyl/N-ethyl adjacent to an activating group) is 2. The number of hydrogen-bond acceptors (Lipinski definition) is 7. The Bertz CT molecular complexity index is 916. The van der Waals surface area contributed by atoms with Gasteiger partial charge in [-0.2, -0.15) is 5.26 Å². The van der Waals surface area contributed by atoms with Gasteiger partial charge >= 0.3 is 0 Å². The molecule has 0 aliphatic carbocycles. The van der Waals surface area contributed by atoms with E-state index in [1.165, 1.54) is 12.0 Å². The van der Waals surface area contributed by atoms with Crippen LogP contribution in [0.1, 0.15) is 42.1 Å². The molecule has 2 amide bonds. The average molecular weight is 474 g/mol. The third-order valence-electron chi connectivity index (χ3n) is 6.79. The van der Waals surface area contributed by atoms with E-state index < -0.39 is 12.0 Å². The first-order valence-electron chi connectivity index (χ1n) is 11.7. The lowest BCUT2D eigenvalue weighted by Crippen LogP contribution is -2.50. The monoisotopic (exact) mass is 473 g/mol. The van der Waals surface area contributed by atoms with Gasteiger partial charge in [0.2, 0.25) is 5.91 Å². The van der Waals surface area contributed by atoms with Crippen molar-refractivity contribution in [2.75, 3.05) is 48.0 Å². The summed E-state index contributed by atoms with van der Waals surface area (Å²) in [5.41, 5.74) is 0.609. The van der Waals surface area contributed by atoms with E-state index in [-0.39, 0.29) is 42.4 Å². The highest BCUT2D eigenvalue weighted by molar-refractivity contribution is 5.97. The summed E-state index contributed by atoms with van der Waals surface area (Å²) in [6.07, 6.45) is 1.25. The molecule has 0 N–H and O–H groups in total. The third kappa shape index (κ3) is 5.69. The quantitative estimate of drug-likeness (QED) is 0.648. The van der Waals surface area contributed by atoms with Crippen molar-refractivity contribution < 1.29 is 28.5 Å². The van der Waals surface area contributed by atoms with Crippen LogP contribution in [0.15, 0.2) is 18.2 Å². The van der Waals surface area contributed by atoms with Crippen molar-refractivity contribution in [1.82, 2.24) is 9.80 Å². The van der Waals surface area contributed by atoms with E-state index in [4.69, 9.17) is 18.9 Å². The Morgan fingerprint density at radius 2 is 1.76 bits per heavy atom. The van der Waals surface area contributed by atoms with Gasteiger partial charge in [0.15, 0.2) is 0 Å². The number of rotatable bonds is 2. The highest BCUT2D eigenvalue weighted by Gasteiger charge is 2.36. The summed E-state index contributed by atoms with van der Waals surface area (Å²) in [6.45, 7) is 2.70. The smallest absolute Gasteiger partial charge is 0.257 e. The predicted molar refractivity (Wildman–Crippen MR) is 125 cm³/mol. The number of carbonyl (C=O) groups excluding carboxylic acids is 2. The highest BCUT2D eigenvalue weighted by Crippen LogP contribution is 2.28. The summed E-state index contributed by atoms with van der Waals surface area (Å²) in [6, 6.07) is 7.07. The van der Waals surface area contributed by atoms with Crippen LogP contribution in [0.2, 0.25) is 0 Å². The van der Waals surface area contributed by atoms with E-state index in [1.54, 1.807) is 51.2 Å². The number of para-hydroxylation sites is 1. The van der Waals surface area contributed by atoms with Gasteiger partial charge in [0.25, 0.3) is 5.91 Å². The Kier molecular flexibility index (Phi) is 8.89. The Morgan fingerprint density at radius 1 is 1.03 bits per heavy atom. The van der Waals surface area contributed by atoms with Gasteiger partial charge in [0.1, 0.15) is 17.9 Å². The van der Waals surface area contributed by atoms with Gasteiger partial charge in [-0.05, 0) is 25.0 Å². The molecule has 0 unspecified atom stereocenters. The van der Waals surface area contributed by atoms with Crippen LogP contribution in [0.5, 0.6) is 5.75 Å². The average Bonchev–Trinajstić information content (AvgIpc) is 2.85. The minimum atomic E-state index is -0.515. The summed E-state index contributed by atoms with van der Waals surface area (Å²) < 4.78 is 23.6. The number of hydrogen-bond donors (Lipinski definition) is 0. The molecule has 34 heavy (non-hydrogen) atoms. The van der Waals surface area contributed by atoms with Crippen LogP contribution in [-0.4, -0.2) is 94.0 Å². The molecule has 1 fully saturated rings. The maximum Gasteiger partial charge on any atom is 0.257 e. The fourth-order valence-corrected chi connectivity index (χ4v) is 4.68. The number of benzene rings is 1. The van der Waals surface area contributed by atoms with Crippen LogP contribution >= 0.6 is 0 Å². The molecule has 0 radical (unpaired) electrons. The Labute approximate surface area is 201 Å². The van der Waals surface area contributed by atoms with Gasteiger partial charge in [0, 0.05) is 47.8 Å². The Balaban J connectivity index is 1.95. The van der Waals surface area contributed by atoms with E-state index in [0.717, 1.165) is 12.8 Å². The first-order chi connectivity index (χ1) is 16.3. The standard InChI is InChI=1S/C25H35N3O6/c1-16-21(32-5)14-28(3)25(30)19-8-6-7-17(13-26)23(19)33-12-11-18-9-10-20(31-4)22(34-18)15-27(2)24(16)29/h6-8,16,18,20-22H,9-12,14-15H2,1-5H3/t16-,18+,20+,21+,22+/m1/s1. The first-order valence-corrected chi connectivity index (χ1v) is 11.7. The zero-order chi connectivity index (χ0) is 24.8. The molecule has 1 aromatic rings. The third-order valence-corrected chi connectivity index (χ3v) is 6.79. The molecule has 9 nitrogen and oxygen atoms in total. The topological polar surface area (TPSA) is 101 Å². The van der Waals surface area contributed by atoms with E-state index >= 15 is 0 Å². The highest BCUT2D eigenvalue weighted by atomic mass is 16.5. The maximum atomic E-state index is 13.3. The lowest BCUT2D eigenvalue weighted by molar-refractivity contribution is -0.154. The fourth-order valence-electron chi connectivity index (χ4n) is 4.68. The van der Waals surface area contributed by atoms with Gasteiger partial charge < -0.3 is 28.7 Å². The molecule has 3 rings (SSSR count). The lowest BCUT2D eigenvalue weighted by atomic mass is 9.97. The largest absolute Gasteiger partial charge is 0.491 e. The molecular weight excluding hydrogens is 438 g/mol.